The topological polar surface area (TPSA) is 96.1 Å². The van der Waals surface area contributed by atoms with E-state index in [-0.39, 0.29) is 9.79 Å². The number of nitrogens with one attached hydrogen (secondary N) is 2. The molecular formula is C21H15F3N2O4S. The molecule has 1 aromatic heterocycles. The molecule has 3 aromatic rings. The molecule has 4 rings (SSSR count). The zero-order valence-electron chi connectivity index (χ0n) is 15.9. The third kappa shape index (κ3) is 3.52. The first-order chi connectivity index (χ1) is 14.5. The number of aromatic nitrogens is 1. The molecule has 0 saturated heterocycles. The molecule has 31 heavy (non-hydrogen) atoms. The van der Waals surface area contributed by atoms with Crippen molar-refractivity contribution in [1.82, 2.24) is 10.3 Å². The number of aryl methyl sites for hydroxylation is 1. The number of pyridine rings is 1. The van der Waals surface area contributed by atoms with Crippen LogP contribution < -0.4 is 10.9 Å². The minimum Gasteiger partial charge on any atom is -0.341 e. The van der Waals surface area contributed by atoms with Crippen molar-refractivity contribution in [3.63, 3.8) is 0 Å². The van der Waals surface area contributed by atoms with E-state index in [0.29, 0.717) is 17.2 Å². The van der Waals surface area contributed by atoms with Gasteiger partial charge in [-0.25, -0.2) is 8.42 Å². The van der Waals surface area contributed by atoms with Crippen molar-refractivity contribution < 1.29 is 26.4 Å². The molecule has 2 heterocycles. The highest BCUT2D eigenvalue weighted by molar-refractivity contribution is 7.91. The van der Waals surface area contributed by atoms with E-state index >= 15 is 0 Å². The van der Waals surface area contributed by atoms with Gasteiger partial charge in [0, 0.05) is 0 Å². The first kappa shape index (κ1) is 20.9. The van der Waals surface area contributed by atoms with Gasteiger partial charge in [0.1, 0.15) is 11.3 Å². The molecular weight excluding hydrogens is 433 g/mol. The van der Waals surface area contributed by atoms with Gasteiger partial charge in [-0.15, -0.1) is 0 Å². The van der Waals surface area contributed by atoms with E-state index < -0.39 is 44.8 Å². The molecule has 2 N–H and O–H groups in total. The quantitative estimate of drug-likeness (QED) is 0.628. The summed E-state index contributed by atoms with van der Waals surface area (Å²) in [6.45, 7) is 1.76. The second-order valence-electron chi connectivity index (χ2n) is 7.10. The van der Waals surface area contributed by atoms with Gasteiger partial charge in [0.05, 0.1) is 15.8 Å². The summed E-state index contributed by atoms with van der Waals surface area (Å²) in [5.41, 5.74) is -1.63. The minimum atomic E-state index is -4.76. The molecule has 1 aliphatic rings. The molecule has 0 saturated carbocycles. The molecule has 0 bridgehead atoms. The van der Waals surface area contributed by atoms with Crippen molar-refractivity contribution >= 4 is 15.7 Å². The van der Waals surface area contributed by atoms with Crippen LogP contribution in [0.1, 0.15) is 38.8 Å². The Kier molecular flexibility index (Phi) is 4.77. The first-order valence-electron chi connectivity index (χ1n) is 9.06. The van der Waals surface area contributed by atoms with Crippen molar-refractivity contribution in [3.05, 3.63) is 92.9 Å². The van der Waals surface area contributed by atoms with Gasteiger partial charge in [0.15, 0.2) is 0 Å². The third-order valence-electron chi connectivity index (χ3n) is 5.02. The number of carbonyl (C=O) groups is 1. The first-order valence-corrected chi connectivity index (χ1v) is 10.5. The summed E-state index contributed by atoms with van der Waals surface area (Å²) in [5.74, 6) is -0.929. The largest absolute Gasteiger partial charge is 0.431 e. The number of halogens is 3. The van der Waals surface area contributed by atoms with Crippen LogP contribution in [0.5, 0.6) is 0 Å². The monoisotopic (exact) mass is 448 g/mol. The summed E-state index contributed by atoms with van der Waals surface area (Å²) >= 11 is 0. The fourth-order valence-corrected chi connectivity index (χ4v) is 5.30. The maximum absolute atomic E-state index is 13.0. The van der Waals surface area contributed by atoms with Gasteiger partial charge in [0.2, 0.25) is 9.84 Å². The van der Waals surface area contributed by atoms with Crippen molar-refractivity contribution in [3.8, 4) is 0 Å². The Labute approximate surface area is 174 Å². The summed E-state index contributed by atoms with van der Waals surface area (Å²) in [6, 6.07) is 11.3. The number of hydrogen-bond acceptors (Lipinski definition) is 4. The van der Waals surface area contributed by atoms with Gasteiger partial charge in [0.25, 0.3) is 11.5 Å². The SMILES string of the molecule is Cc1ccc2c(c1)C(NC(=O)c1ccc(C(F)(F)F)[nH]c1=O)c1ccccc1S2(=O)=O. The summed E-state index contributed by atoms with van der Waals surface area (Å²) in [5, 5.41) is 2.61. The number of benzene rings is 2. The molecule has 0 radical (unpaired) electrons. The second kappa shape index (κ2) is 7.09. The van der Waals surface area contributed by atoms with Crippen LogP contribution in [0.4, 0.5) is 13.2 Å². The van der Waals surface area contributed by atoms with E-state index in [2.05, 4.69) is 5.32 Å². The molecule has 1 unspecified atom stereocenters. The normalized spacial score (nSPS) is 16.8. The van der Waals surface area contributed by atoms with Gasteiger partial charge in [-0.2, -0.15) is 13.2 Å². The smallest absolute Gasteiger partial charge is 0.341 e. The van der Waals surface area contributed by atoms with E-state index in [1.54, 1.807) is 42.2 Å². The molecule has 0 fully saturated rings. The van der Waals surface area contributed by atoms with Gasteiger partial charge >= 0.3 is 6.18 Å². The van der Waals surface area contributed by atoms with Crippen LogP contribution in [0.2, 0.25) is 0 Å². The molecule has 0 aliphatic carbocycles. The molecule has 6 nitrogen and oxygen atoms in total. The highest BCUT2D eigenvalue weighted by atomic mass is 32.2. The predicted molar refractivity (Wildman–Crippen MR) is 104 cm³/mol. The lowest BCUT2D eigenvalue weighted by molar-refractivity contribution is -0.141. The average Bonchev–Trinajstić information content (AvgIpc) is 2.70. The summed E-state index contributed by atoms with van der Waals surface area (Å²) in [4.78, 5) is 26.6. The molecule has 1 amide bonds. The van der Waals surface area contributed by atoms with Crippen molar-refractivity contribution in [2.75, 3.05) is 0 Å². The van der Waals surface area contributed by atoms with Crippen LogP contribution in [-0.4, -0.2) is 19.3 Å². The lowest BCUT2D eigenvalue weighted by atomic mass is 9.96. The molecule has 10 heteroatoms. The standard InChI is InChI=1S/C21H15F3N2O4S/c1-11-6-8-16-14(10-11)18(12-4-2-3-5-15(12)31(16,29)30)26-20(28)13-7-9-17(21(22,23)24)25-19(13)27/h2-10,18H,1H3,(H,25,27)(H,26,28). The number of hydrogen-bond donors (Lipinski definition) is 2. The molecule has 0 spiro atoms. The van der Waals surface area contributed by atoms with Crippen LogP contribution in [0.25, 0.3) is 0 Å². The van der Waals surface area contributed by atoms with Crippen LogP contribution in [-0.2, 0) is 16.0 Å². The predicted octanol–water partition coefficient (Wildman–Crippen LogP) is 3.37. The fraction of sp³-hybridized carbons (Fsp3) is 0.143. The Balaban J connectivity index is 1.80. The number of carbonyl (C=O) groups excluding carboxylic acids is 1. The number of H-pyrrole nitrogens is 1. The number of alkyl halides is 3. The Morgan fingerprint density at radius 3 is 2.35 bits per heavy atom. The van der Waals surface area contributed by atoms with Crippen LogP contribution in [0.15, 0.2) is 69.2 Å². The lowest BCUT2D eigenvalue weighted by Gasteiger charge is -2.29. The van der Waals surface area contributed by atoms with Gasteiger partial charge in [-0.3, -0.25) is 9.59 Å². The number of fused-ring (bicyclic) bond motifs is 2. The van der Waals surface area contributed by atoms with Gasteiger partial charge in [-0.1, -0.05) is 35.9 Å². The van der Waals surface area contributed by atoms with Crippen LogP contribution in [0, 0.1) is 6.92 Å². The Bertz CT molecular complexity index is 1380. The number of aromatic amines is 1. The van der Waals surface area contributed by atoms with Gasteiger partial charge in [-0.05, 0) is 42.3 Å². The Hall–Kier alpha value is -3.40. The summed E-state index contributed by atoms with van der Waals surface area (Å²) in [7, 11) is -3.83. The number of sulfone groups is 1. The summed E-state index contributed by atoms with van der Waals surface area (Å²) in [6.07, 6.45) is -4.76. The maximum atomic E-state index is 13.0. The van der Waals surface area contributed by atoms with E-state index in [1.165, 1.54) is 12.1 Å². The third-order valence-corrected chi connectivity index (χ3v) is 6.92. The minimum absolute atomic E-state index is 0.0120. The maximum Gasteiger partial charge on any atom is 0.431 e. The zero-order valence-corrected chi connectivity index (χ0v) is 16.8. The van der Waals surface area contributed by atoms with E-state index in [9.17, 15) is 31.2 Å². The van der Waals surface area contributed by atoms with Gasteiger partial charge < -0.3 is 10.3 Å². The number of amides is 1. The zero-order chi connectivity index (χ0) is 22.6. The highest BCUT2D eigenvalue weighted by Gasteiger charge is 2.37. The molecule has 1 aliphatic heterocycles. The second-order valence-corrected chi connectivity index (χ2v) is 8.99. The van der Waals surface area contributed by atoms with Crippen LogP contribution in [0.3, 0.4) is 0 Å². The Morgan fingerprint density at radius 2 is 1.68 bits per heavy atom. The Morgan fingerprint density at radius 1 is 1.00 bits per heavy atom. The van der Waals surface area contributed by atoms with Crippen molar-refractivity contribution in [2.45, 2.75) is 28.9 Å². The summed E-state index contributed by atoms with van der Waals surface area (Å²) < 4.78 is 64.4. The van der Waals surface area contributed by atoms with Crippen LogP contribution >= 0.6 is 0 Å². The van der Waals surface area contributed by atoms with E-state index in [4.69, 9.17) is 0 Å². The van der Waals surface area contributed by atoms with Crippen molar-refractivity contribution in [1.29, 1.82) is 0 Å². The molecule has 1 atom stereocenters. The van der Waals surface area contributed by atoms with Crippen molar-refractivity contribution in [2.24, 2.45) is 0 Å². The molecule has 160 valence electrons. The average molecular weight is 448 g/mol. The highest BCUT2D eigenvalue weighted by Crippen LogP contribution is 2.40. The number of rotatable bonds is 2. The van der Waals surface area contributed by atoms with E-state index in [1.807, 2.05) is 0 Å². The lowest BCUT2D eigenvalue weighted by Crippen LogP contribution is -2.36. The van der Waals surface area contributed by atoms with E-state index in [0.717, 1.165) is 11.6 Å². The fourth-order valence-electron chi connectivity index (χ4n) is 3.57. The molecule has 2 aromatic carbocycles.